The summed E-state index contributed by atoms with van der Waals surface area (Å²) < 4.78 is 0. The lowest BCUT2D eigenvalue weighted by atomic mass is 10.3. The molecule has 0 unspecified atom stereocenters. The van der Waals surface area contributed by atoms with Crippen LogP contribution in [0.5, 0.6) is 0 Å². The van der Waals surface area contributed by atoms with Crippen LogP contribution in [0.3, 0.4) is 0 Å². The first-order valence-corrected chi connectivity index (χ1v) is 6.05. The zero-order valence-electron chi connectivity index (χ0n) is 10.4. The number of hydrogen-bond acceptors (Lipinski definition) is 5. The van der Waals surface area contributed by atoms with Gasteiger partial charge in [0.25, 0.3) is 0 Å². The maximum Gasteiger partial charge on any atom is 0.133 e. The molecule has 2 heterocycles. The molecule has 5 heteroatoms. The SMILES string of the molecule is CCCc1nc(N)cc(NCc2ccccn2)n1. The second-order valence-electron chi connectivity index (χ2n) is 4.02. The Labute approximate surface area is 106 Å². The third-order valence-corrected chi connectivity index (χ3v) is 2.44. The summed E-state index contributed by atoms with van der Waals surface area (Å²) in [6.07, 6.45) is 3.61. The monoisotopic (exact) mass is 243 g/mol. The normalized spacial score (nSPS) is 10.3. The van der Waals surface area contributed by atoms with Crippen LogP contribution in [0, 0.1) is 0 Å². The molecule has 2 aromatic heterocycles. The molecule has 2 rings (SSSR count). The molecule has 0 bridgehead atoms. The first-order valence-electron chi connectivity index (χ1n) is 6.05. The zero-order valence-corrected chi connectivity index (χ0v) is 10.4. The van der Waals surface area contributed by atoms with E-state index < -0.39 is 0 Å². The van der Waals surface area contributed by atoms with Crippen molar-refractivity contribution in [2.45, 2.75) is 26.3 Å². The van der Waals surface area contributed by atoms with Gasteiger partial charge in [0.1, 0.15) is 17.5 Å². The lowest BCUT2D eigenvalue weighted by Gasteiger charge is -2.07. The summed E-state index contributed by atoms with van der Waals surface area (Å²) in [6, 6.07) is 7.55. The summed E-state index contributed by atoms with van der Waals surface area (Å²) in [4.78, 5) is 12.8. The Bertz CT molecular complexity index is 498. The summed E-state index contributed by atoms with van der Waals surface area (Å²) in [5.41, 5.74) is 6.72. The summed E-state index contributed by atoms with van der Waals surface area (Å²) in [5.74, 6) is 2.02. The quantitative estimate of drug-likeness (QED) is 0.840. The molecule has 0 spiro atoms. The van der Waals surface area contributed by atoms with Gasteiger partial charge in [-0.15, -0.1) is 0 Å². The van der Waals surface area contributed by atoms with Gasteiger partial charge >= 0.3 is 0 Å². The van der Waals surface area contributed by atoms with Crippen LogP contribution >= 0.6 is 0 Å². The lowest BCUT2D eigenvalue weighted by Crippen LogP contribution is -2.07. The van der Waals surface area contributed by atoms with Crippen molar-refractivity contribution in [2.75, 3.05) is 11.1 Å². The highest BCUT2D eigenvalue weighted by Gasteiger charge is 2.02. The molecule has 0 atom stereocenters. The summed E-state index contributed by atoms with van der Waals surface area (Å²) >= 11 is 0. The van der Waals surface area contributed by atoms with Gasteiger partial charge in [0, 0.05) is 18.7 Å². The first kappa shape index (κ1) is 12.3. The fourth-order valence-corrected chi connectivity index (χ4v) is 1.63. The van der Waals surface area contributed by atoms with Crippen LogP contribution in [-0.4, -0.2) is 15.0 Å². The molecule has 3 N–H and O–H groups in total. The Morgan fingerprint density at radius 2 is 2.17 bits per heavy atom. The van der Waals surface area contributed by atoms with Crippen LogP contribution in [0.15, 0.2) is 30.5 Å². The average Bonchev–Trinajstić information content (AvgIpc) is 2.37. The molecular weight excluding hydrogens is 226 g/mol. The van der Waals surface area contributed by atoms with E-state index in [0.29, 0.717) is 12.4 Å². The average molecular weight is 243 g/mol. The molecule has 0 aliphatic rings. The molecular formula is C13H17N5. The number of rotatable bonds is 5. The number of aromatic nitrogens is 3. The van der Waals surface area contributed by atoms with Gasteiger partial charge in [0.2, 0.25) is 0 Å². The van der Waals surface area contributed by atoms with Crippen LogP contribution < -0.4 is 11.1 Å². The second-order valence-corrected chi connectivity index (χ2v) is 4.02. The zero-order chi connectivity index (χ0) is 12.8. The maximum atomic E-state index is 5.75. The van der Waals surface area contributed by atoms with Gasteiger partial charge in [-0.05, 0) is 18.6 Å². The summed E-state index contributed by atoms with van der Waals surface area (Å²) in [6.45, 7) is 2.72. The van der Waals surface area contributed by atoms with Crippen LogP contribution in [0.1, 0.15) is 24.9 Å². The number of hydrogen-bond donors (Lipinski definition) is 2. The highest BCUT2D eigenvalue weighted by Crippen LogP contribution is 2.10. The lowest BCUT2D eigenvalue weighted by molar-refractivity contribution is 0.836. The number of nitrogen functional groups attached to an aromatic ring is 1. The minimum Gasteiger partial charge on any atom is -0.384 e. The first-order chi connectivity index (χ1) is 8.78. The third-order valence-electron chi connectivity index (χ3n) is 2.44. The van der Waals surface area contributed by atoms with Crippen molar-refractivity contribution < 1.29 is 0 Å². The Kier molecular flexibility index (Phi) is 4.06. The molecule has 0 aliphatic carbocycles. The van der Waals surface area contributed by atoms with E-state index >= 15 is 0 Å². The molecule has 0 fully saturated rings. The molecule has 5 nitrogen and oxygen atoms in total. The molecule has 18 heavy (non-hydrogen) atoms. The van der Waals surface area contributed by atoms with Crippen molar-refractivity contribution in [3.63, 3.8) is 0 Å². The van der Waals surface area contributed by atoms with Gasteiger partial charge in [-0.2, -0.15) is 0 Å². The molecule has 0 radical (unpaired) electrons. The van der Waals surface area contributed by atoms with Crippen molar-refractivity contribution in [3.05, 3.63) is 42.0 Å². The number of aryl methyl sites for hydroxylation is 1. The largest absolute Gasteiger partial charge is 0.384 e. The summed E-state index contributed by atoms with van der Waals surface area (Å²) in [5, 5.41) is 3.21. The molecule has 0 aliphatic heterocycles. The standard InChI is InChI=1S/C13H17N5/c1-2-5-12-17-11(14)8-13(18-12)16-9-10-6-3-4-7-15-10/h3-4,6-8H,2,5,9H2,1H3,(H3,14,16,17,18). The highest BCUT2D eigenvalue weighted by molar-refractivity contribution is 5.44. The van der Waals surface area contributed by atoms with Crippen LogP contribution in [-0.2, 0) is 13.0 Å². The molecule has 0 saturated carbocycles. The molecule has 2 aromatic rings. The van der Waals surface area contributed by atoms with E-state index in [1.165, 1.54) is 0 Å². The summed E-state index contributed by atoms with van der Waals surface area (Å²) in [7, 11) is 0. The fourth-order valence-electron chi connectivity index (χ4n) is 1.63. The van der Waals surface area contributed by atoms with Gasteiger partial charge in [-0.1, -0.05) is 13.0 Å². The Morgan fingerprint density at radius 3 is 2.89 bits per heavy atom. The Morgan fingerprint density at radius 1 is 1.28 bits per heavy atom. The van der Waals surface area contributed by atoms with E-state index in [2.05, 4.69) is 27.2 Å². The number of pyridine rings is 1. The van der Waals surface area contributed by atoms with E-state index in [1.807, 2.05) is 18.2 Å². The molecule has 94 valence electrons. The topological polar surface area (TPSA) is 76.7 Å². The number of nitrogens with one attached hydrogen (secondary N) is 1. The van der Waals surface area contributed by atoms with Gasteiger partial charge < -0.3 is 11.1 Å². The predicted molar refractivity (Wildman–Crippen MR) is 72.0 cm³/mol. The van der Waals surface area contributed by atoms with Crippen molar-refractivity contribution in [3.8, 4) is 0 Å². The van der Waals surface area contributed by atoms with E-state index in [1.54, 1.807) is 12.3 Å². The van der Waals surface area contributed by atoms with E-state index in [4.69, 9.17) is 5.73 Å². The predicted octanol–water partition coefficient (Wildman–Crippen LogP) is 2.02. The van der Waals surface area contributed by atoms with Gasteiger partial charge in [0.05, 0.1) is 12.2 Å². The van der Waals surface area contributed by atoms with Gasteiger partial charge in [0.15, 0.2) is 0 Å². The van der Waals surface area contributed by atoms with Crippen molar-refractivity contribution >= 4 is 11.6 Å². The van der Waals surface area contributed by atoms with Crippen molar-refractivity contribution in [1.82, 2.24) is 15.0 Å². The van der Waals surface area contributed by atoms with Crippen molar-refractivity contribution in [1.29, 1.82) is 0 Å². The maximum absolute atomic E-state index is 5.75. The number of nitrogens with zero attached hydrogens (tertiary/aromatic N) is 3. The van der Waals surface area contributed by atoms with Crippen LogP contribution in [0.25, 0.3) is 0 Å². The fraction of sp³-hybridized carbons (Fsp3) is 0.308. The number of nitrogens with two attached hydrogens (primary N) is 1. The third kappa shape index (κ3) is 3.41. The van der Waals surface area contributed by atoms with Crippen LogP contribution in [0.4, 0.5) is 11.6 Å². The Balaban J connectivity index is 2.05. The van der Waals surface area contributed by atoms with E-state index in [0.717, 1.165) is 30.2 Å². The van der Waals surface area contributed by atoms with Crippen LogP contribution in [0.2, 0.25) is 0 Å². The van der Waals surface area contributed by atoms with Crippen molar-refractivity contribution in [2.24, 2.45) is 0 Å². The minimum atomic E-state index is 0.497. The van der Waals surface area contributed by atoms with E-state index in [-0.39, 0.29) is 0 Å². The smallest absolute Gasteiger partial charge is 0.133 e. The number of anilines is 2. The highest BCUT2D eigenvalue weighted by atomic mass is 15.1. The molecule has 0 amide bonds. The van der Waals surface area contributed by atoms with Gasteiger partial charge in [-0.25, -0.2) is 9.97 Å². The minimum absolute atomic E-state index is 0.497. The van der Waals surface area contributed by atoms with Gasteiger partial charge in [-0.3, -0.25) is 4.98 Å². The molecule has 0 aromatic carbocycles. The Hall–Kier alpha value is -2.17. The molecule has 0 saturated heterocycles. The second kappa shape index (κ2) is 5.95. The van der Waals surface area contributed by atoms with E-state index in [9.17, 15) is 0 Å².